The van der Waals surface area contributed by atoms with Gasteiger partial charge >= 0.3 is 6.03 Å². The van der Waals surface area contributed by atoms with Crippen molar-refractivity contribution in [1.82, 2.24) is 15.5 Å². The molecule has 0 aromatic carbocycles. The summed E-state index contributed by atoms with van der Waals surface area (Å²) in [6.07, 6.45) is 0.516. The number of urea groups is 1. The summed E-state index contributed by atoms with van der Waals surface area (Å²) in [4.78, 5) is 11.6. The minimum absolute atomic E-state index is 0.0432. The van der Waals surface area contributed by atoms with Crippen LogP contribution in [-0.2, 0) is 5.41 Å². The molecule has 19 heavy (non-hydrogen) atoms. The molecule has 0 aliphatic rings. The maximum Gasteiger partial charge on any atom is 0.320 e. The van der Waals surface area contributed by atoms with Crippen LogP contribution in [0.2, 0.25) is 0 Å². The highest BCUT2D eigenvalue weighted by Crippen LogP contribution is 2.19. The molecule has 0 fully saturated rings. The van der Waals surface area contributed by atoms with Crippen molar-refractivity contribution in [3.8, 4) is 0 Å². The van der Waals surface area contributed by atoms with Crippen molar-refractivity contribution in [3.63, 3.8) is 0 Å². The Morgan fingerprint density at radius 2 is 2.05 bits per heavy atom. The molecule has 1 atom stereocenters. The normalized spacial score (nSPS) is 12.9. The molecule has 6 nitrogen and oxygen atoms in total. The Morgan fingerprint density at radius 3 is 2.53 bits per heavy atom. The number of hydrogen-bond acceptors (Lipinski definition) is 4. The third-order valence-electron chi connectivity index (χ3n) is 2.61. The summed E-state index contributed by atoms with van der Waals surface area (Å²) >= 11 is 0. The van der Waals surface area contributed by atoms with Crippen LogP contribution in [0.15, 0.2) is 12.1 Å². The Labute approximate surface area is 113 Å². The zero-order valence-corrected chi connectivity index (χ0v) is 11.9. The van der Waals surface area contributed by atoms with Crippen molar-refractivity contribution in [3.05, 3.63) is 17.8 Å². The zero-order valence-electron chi connectivity index (χ0n) is 11.9. The Kier molecular flexibility index (Phi) is 5.23. The van der Waals surface area contributed by atoms with Crippen molar-refractivity contribution < 1.29 is 9.90 Å². The minimum Gasteiger partial charge on any atom is -0.396 e. The highest BCUT2D eigenvalue weighted by molar-refractivity contribution is 5.88. The molecule has 106 valence electrons. The highest BCUT2D eigenvalue weighted by Gasteiger charge is 2.16. The Morgan fingerprint density at radius 1 is 1.37 bits per heavy atom. The van der Waals surface area contributed by atoms with Crippen LogP contribution in [-0.4, -0.2) is 34.0 Å². The van der Waals surface area contributed by atoms with E-state index in [4.69, 9.17) is 5.11 Å². The first kappa shape index (κ1) is 15.4. The fourth-order valence-electron chi connectivity index (χ4n) is 1.44. The van der Waals surface area contributed by atoms with E-state index in [0.29, 0.717) is 12.2 Å². The second kappa shape index (κ2) is 6.47. The SMILES string of the molecule is C[C@H](CCO)NC(=O)Nc1ccc(C(C)(C)C)nn1. The summed E-state index contributed by atoms with van der Waals surface area (Å²) in [6, 6.07) is 3.13. The van der Waals surface area contributed by atoms with E-state index in [1.54, 1.807) is 6.07 Å². The van der Waals surface area contributed by atoms with Gasteiger partial charge in [0.15, 0.2) is 5.82 Å². The lowest BCUT2D eigenvalue weighted by molar-refractivity contribution is 0.241. The first-order chi connectivity index (χ1) is 8.82. The second-order valence-corrected chi connectivity index (χ2v) is 5.57. The fraction of sp³-hybridized carbons (Fsp3) is 0.615. The molecule has 6 heteroatoms. The lowest BCUT2D eigenvalue weighted by Crippen LogP contribution is -2.36. The van der Waals surface area contributed by atoms with Gasteiger partial charge in [0, 0.05) is 18.1 Å². The van der Waals surface area contributed by atoms with E-state index in [1.165, 1.54) is 0 Å². The second-order valence-electron chi connectivity index (χ2n) is 5.57. The topological polar surface area (TPSA) is 87.1 Å². The van der Waals surface area contributed by atoms with E-state index in [-0.39, 0.29) is 24.1 Å². The van der Waals surface area contributed by atoms with Crippen molar-refractivity contribution in [1.29, 1.82) is 0 Å². The average Bonchev–Trinajstić information content (AvgIpc) is 2.28. The van der Waals surface area contributed by atoms with Gasteiger partial charge in [0.25, 0.3) is 0 Å². The molecule has 0 aliphatic carbocycles. The number of aliphatic hydroxyl groups is 1. The van der Waals surface area contributed by atoms with E-state index in [9.17, 15) is 4.79 Å². The zero-order chi connectivity index (χ0) is 14.5. The van der Waals surface area contributed by atoms with Gasteiger partial charge in [-0.15, -0.1) is 5.10 Å². The smallest absolute Gasteiger partial charge is 0.320 e. The summed E-state index contributed by atoms with van der Waals surface area (Å²) in [5.74, 6) is 0.404. The maximum atomic E-state index is 11.6. The van der Waals surface area contributed by atoms with Crippen LogP contribution >= 0.6 is 0 Å². The van der Waals surface area contributed by atoms with Gasteiger partial charge in [-0.2, -0.15) is 5.10 Å². The number of aromatic nitrogens is 2. The Hall–Kier alpha value is -1.69. The van der Waals surface area contributed by atoms with E-state index < -0.39 is 0 Å². The molecule has 3 N–H and O–H groups in total. The number of nitrogens with one attached hydrogen (secondary N) is 2. The predicted octanol–water partition coefficient (Wildman–Crippen LogP) is 1.67. The average molecular weight is 266 g/mol. The molecular formula is C13H22N4O2. The van der Waals surface area contributed by atoms with Crippen LogP contribution in [0.25, 0.3) is 0 Å². The van der Waals surface area contributed by atoms with Gasteiger partial charge in [0.05, 0.1) is 5.69 Å². The number of carbonyl (C=O) groups excluding carboxylic acids is 1. The maximum absolute atomic E-state index is 11.6. The van der Waals surface area contributed by atoms with Crippen LogP contribution < -0.4 is 10.6 Å². The first-order valence-corrected chi connectivity index (χ1v) is 6.35. The summed E-state index contributed by atoms with van der Waals surface area (Å²) < 4.78 is 0. The molecule has 0 spiro atoms. The number of amides is 2. The van der Waals surface area contributed by atoms with E-state index >= 15 is 0 Å². The van der Waals surface area contributed by atoms with Crippen molar-refractivity contribution in [2.75, 3.05) is 11.9 Å². The molecule has 0 radical (unpaired) electrons. The quantitative estimate of drug-likeness (QED) is 0.773. The van der Waals surface area contributed by atoms with E-state index in [1.807, 2.05) is 33.8 Å². The highest BCUT2D eigenvalue weighted by atomic mass is 16.3. The number of anilines is 1. The Bertz CT molecular complexity index is 412. The molecule has 0 saturated heterocycles. The van der Waals surface area contributed by atoms with Crippen molar-refractivity contribution >= 4 is 11.8 Å². The van der Waals surface area contributed by atoms with Crippen LogP contribution in [0.3, 0.4) is 0 Å². The number of carbonyl (C=O) groups is 1. The predicted molar refractivity (Wildman–Crippen MR) is 74.1 cm³/mol. The standard InChI is InChI=1S/C13H22N4O2/c1-9(7-8-18)14-12(19)15-11-6-5-10(16-17-11)13(2,3)4/h5-6,9,18H,7-8H2,1-4H3,(H2,14,15,17,19)/t9-/m1/s1. The van der Waals surface area contributed by atoms with Crippen molar-refractivity contribution in [2.45, 2.75) is 45.6 Å². The fourth-order valence-corrected chi connectivity index (χ4v) is 1.44. The lowest BCUT2D eigenvalue weighted by atomic mass is 9.92. The number of rotatable bonds is 4. The number of hydrogen-bond donors (Lipinski definition) is 3. The monoisotopic (exact) mass is 266 g/mol. The molecule has 1 aromatic heterocycles. The minimum atomic E-state index is -0.348. The molecule has 1 heterocycles. The lowest BCUT2D eigenvalue weighted by Gasteiger charge is -2.17. The number of aliphatic hydroxyl groups excluding tert-OH is 1. The van der Waals surface area contributed by atoms with Gasteiger partial charge in [-0.25, -0.2) is 4.79 Å². The molecule has 1 aromatic rings. The molecule has 0 bridgehead atoms. The summed E-state index contributed by atoms with van der Waals surface area (Å²) in [5.41, 5.74) is 0.802. The summed E-state index contributed by atoms with van der Waals surface area (Å²) in [7, 11) is 0. The van der Waals surface area contributed by atoms with Crippen LogP contribution in [0.5, 0.6) is 0 Å². The molecule has 0 unspecified atom stereocenters. The molecular weight excluding hydrogens is 244 g/mol. The van der Waals surface area contributed by atoms with Gasteiger partial charge < -0.3 is 10.4 Å². The van der Waals surface area contributed by atoms with Gasteiger partial charge in [-0.1, -0.05) is 20.8 Å². The third kappa shape index (κ3) is 5.21. The van der Waals surface area contributed by atoms with E-state index in [2.05, 4.69) is 20.8 Å². The van der Waals surface area contributed by atoms with Gasteiger partial charge in [-0.3, -0.25) is 5.32 Å². The van der Waals surface area contributed by atoms with E-state index in [0.717, 1.165) is 5.69 Å². The molecule has 0 saturated carbocycles. The summed E-state index contributed by atoms with van der Waals surface area (Å²) in [6.45, 7) is 8.01. The van der Waals surface area contributed by atoms with Gasteiger partial charge in [-0.05, 0) is 25.5 Å². The number of nitrogens with zero attached hydrogens (tertiary/aromatic N) is 2. The van der Waals surface area contributed by atoms with Crippen LogP contribution in [0.1, 0.15) is 39.8 Å². The largest absolute Gasteiger partial charge is 0.396 e. The van der Waals surface area contributed by atoms with Gasteiger partial charge in [0.1, 0.15) is 0 Å². The van der Waals surface area contributed by atoms with Crippen LogP contribution in [0, 0.1) is 0 Å². The Balaban J connectivity index is 2.56. The van der Waals surface area contributed by atoms with Crippen LogP contribution in [0.4, 0.5) is 10.6 Å². The van der Waals surface area contributed by atoms with Gasteiger partial charge in [0.2, 0.25) is 0 Å². The molecule has 0 aliphatic heterocycles. The van der Waals surface area contributed by atoms with Crippen molar-refractivity contribution in [2.24, 2.45) is 0 Å². The molecule has 1 rings (SSSR count). The molecule has 2 amide bonds. The third-order valence-corrected chi connectivity index (χ3v) is 2.61. The first-order valence-electron chi connectivity index (χ1n) is 6.35. The summed E-state index contributed by atoms with van der Waals surface area (Å²) in [5, 5.41) is 22.1.